The lowest BCUT2D eigenvalue weighted by Gasteiger charge is -2.26. The van der Waals surface area contributed by atoms with Gasteiger partial charge in [-0.25, -0.2) is 0 Å². The van der Waals surface area contributed by atoms with Gasteiger partial charge in [-0.3, -0.25) is 4.79 Å². The molecule has 0 spiro atoms. The molecule has 0 bridgehead atoms. The molecule has 0 N–H and O–H groups in total. The summed E-state index contributed by atoms with van der Waals surface area (Å²) in [5, 5.41) is 1.22. The fourth-order valence-corrected chi connectivity index (χ4v) is 4.65. The second-order valence-electron chi connectivity index (χ2n) is 7.35. The van der Waals surface area contributed by atoms with Crippen molar-refractivity contribution in [2.45, 2.75) is 25.3 Å². The normalized spacial score (nSPS) is 14.6. The first kappa shape index (κ1) is 19.1. The fraction of sp³-hybridized carbons (Fsp3) is 0.348. The molecule has 0 saturated carbocycles. The molecule has 4 rings (SSSR count). The van der Waals surface area contributed by atoms with Crippen LogP contribution in [-0.4, -0.2) is 47.4 Å². The van der Waals surface area contributed by atoms with Crippen LogP contribution in [-0.2, 0) is 16.1 Å². The molecule has 2 aromatic carbocycles. The van der Waals surface area contributed by atoms with Crippen LogP contribution < -0.4 is 0 Å². The summed E-state index contributed by atoms with van der Waals surface area (Å²) in [6.07, 6.45) is 2.20. The lowest BCUT2D eigenvalue weighted by Crippen LogP contribution is -2.41. The lowest BCUT2D eigenvalue weighted by molar-refractivity contribution is -0.132. The maximum atomic E-state index is 12.5. The van der Waals surface area contributed by atoms with E-state index < -0.39 is 0 Å². The summed E-state index contributed by atoms with van der Waals surface area (Å²) in [7, 11) is 0. The van der Waals surface area contributed by atoms with Crippen LogP contribution in [0.1, 0.15) is 16.7 Å². The first-order valence-corrected chi connectivity index (χ1v) is 10.7. The van der Waals surface area contributed by atoms with E-state index in [-0.39, 0.29) is 5.91 Å². The Balaban J connectivity index is 1.56. The molecule has 0 unspecified atom stereocenters. The van der Waals surface area contributed by atoms with Gasteiger partial charge >= 0.3 is 0 Å². The van der Waals surface area contributed by atoms with E-state index in [0.29, 0.717) is 32.1 Å². The molecule has 2 heterocycles. The zero-order chi connectivity index (χ0) is 19.5. The van der Waals surface area contributed by atoms with Crippen LogP contribution in [0.4, 0.5) is 0 Å². The van der Waals surface area contributed by atoms with Crippen molar-refractivity contribution in [3.63, 3.8) is 0 Å². The monoisotopic (exact) mass is 394 g/mol. The number of rotatable bonds is 5. The van der Waals surface area contributed by atoms with Gasteiger partial charge in [-0.1, -0.05) is 42.0 Å². The largest absolute Gasteiger partial charge is 0.378 e. The molecule has 146 valence electrons. The molecule has 1 aliphatic rings. The standard InChI is InChI=1S/C23H26N2O2S/c1-17-7-8-18(2)19(13-17)14-25-15-22(20-5-3-4-6-21(20)25)28-16-23(26)24-9-11-27-12-10-24/h3-8,13,15H,9-12,14,16H2,1-2H3. The number of benzene rings is 2. The van der Waals surface area contributed by atoms with E-state index in [9.17, 15) is 4.79 Å². The minimum absolute atomic E-state index is 0.194. The van der Waals surface area contributed by atoms with Crippen LogP contribution in [0.2, 0.25) is 0 Å². The summed E-state index contributed by atoms with van der Waals surface area (Å²) in [4.78, 5) is 15.6. The van der Waals surface area contributed by atoms with Gasteiger partial charge in [0, 0.05) is 41.6 Å². The average molecular weight is 395 g/mol. The van der Waals surface area contributed by atoms with Crippen LogP contribution in [0, 0.1) is 13.8 Å². The van der Waals surface area contributed by atoms with E-state index in [4.69, 9.17) is 4.74 Å². The minimum atomic E-state index is 0.194. The molecule has 0 aliphatic carbocycles. The van der Waals surface area contributed by atoms with Gasteiger partial charge in [0.2, 0.25) is 5.91 Å². The van der Waals surface area contributed by atoms with E-state index in [0.717, 1.165) is 6.54 Å². The number of morpholine rings is 1. The third-order valence-corrected chi connectivity index (χ3v) is 6.34. The van der Waals surface area contributed by atoms with Crippen LogP contribution in [0.15, 0.2) is 53.6 Å². The maximum absolute atomic E-state index is 12.5. The second kappa shape index (κ2) is 8.41. The zero-order valence-electron chi connectivity index (χ0n) is 16.5. The van der Waals surface area contributed by atoms with Crippen molar-refractivity contribution in [2.75, 3.05) is 32.1 Å². The number of carbonyl (C=O) groups excluding carboxylic acids is 1. The predicted molar refractivity (Wildman–Crippen MR) is 115 cm³/mol. The Bertz CT molecular complexity index is 989. The van der Waals surface area contributed by atoms with E-state index in [2.05, 4.69) is 67.1 Å². The van der Waals surface area contributed by atoms with Crippen molar-refractivity contribution in [2.24, 2.45) is 0 Å². The van der Waals surface area contributed by atoms with Gasteiger partial charge in [0.1, 0.15) is 0 Å². The number of aromatic nitrogens is 1. The molecular formula is C23H26N2O2S. The summed E-state index contributed by atoms with van der Waals surface area (Å²) in [5.41, 5.74) is 5.13. The van der Waals surface area contributed by atoms with E-state index in [1.807, 2.05) is 4.90 Å². The highest BCUT2D eigenvalue weighted by Crippen LogP contribution is 2.31. The molecule has 1 aliphatic heterocycles. The average Bonchev–Trinajstić information content (AvgIpc) is 3.07. The van der Waals surface area contributed by atoms with Crippen molar-refractivity contribution in [1.82, 2.24) is 9.47 Å². The molecule has 0 radical (unpaired) electrons. The number of para-hydroxylation sites is 1. The first-order chi connectivity index (χ1) is 13.6. The lowest BCUT2D eigenvalue weighted by atomic mass is 10.1. The molecule has 5 heteroatoms. The molecule has 1 amide bonds. The SMILES string of the molecule is Cc1ccc(C)c(Cn2cc(SCC(=O)N3CCOCC3)c3ccccc32)c1. The Morgan fingerprint density at radius 3 is 2.71 bits per heavy atom. The molecule has 1 aromatic heterocycles. The summed E-state index contributed by atoms with van der Waals surface area (Å²) < 4.78 is 7.65. The van der Waals surface area contributed by atoms with Gasteiger partial charge in [-0.05, 0) is 31.0 Å². The Hall–Kier alpha value is -2.24. The Labute approximate surface area is 170 Å². The first-order valence-electron chi connectivity index (χ1n) is 9.74. The van der Waals surface area contributed by atoms with Crippen LogP contribution in [0.5, 0.6) is 0 Å². The Kier molecular flexibility index (Phi) is 5.74. The molecule has 3 aromatic rings. The number of hydrogen-bond donors (Lipinski definition) is 0. The Morgan fingerprint density at radius 2 is 1.89 bits per heavy atom. The number of hydrogen-bond acceptors (Lipinski definition) is 3. The smallest absolute Gasteiger partial charge is 0.233 e. The van der Waals surface area contributed by atoms with Gasteiger partial charge in [0.05, 0.1) is 19.0 Å². The number of amides is 1. The number of thioether (sulfide) groups is 1. The van der Waals surface area contributed by atoms with Gasteiger partial charge in [0.15, 0.2) is 0 Å². The fourth-order valence-electron chi connectivity index (χ4n) is 3.66. The highest BCUT2D eigenvalue weighted by molar-refractivity contribution is 8.00. The third-order valence-electron chi connectivity index (χ3n) is 5.31. The second-order valence-corrected chi connectivity index (χ2v) is 8.37. The highest BCUT2D eigenvalue weighted by atomic mass is 32.2. The van der Waals surface area contributed by atoms with Crippen molar-refractivity contribution in [1.29, 1.82) is 0 Å². The molecule has 4 nitrogen and oxygen atoms in total. The van der Waals surface area contributed by atoms with Crippen molar-refractivity contribution >= 4 is 28.6 Å². The van der Waals surface area contributed by atoms with Gasteiger partial charge in [-0.15, -0.1) is 11.8 Å². The number of carbonyl (C=O) groups is 1. The number of nitrogens with zero attached hydrogens (tertiary/aromatic N) is 2. The summed E-state index contributed by atoms with van der Waals surface area (Å²) >= 11 is 1.64. The number of ether oxygens (including phenoxy) is 1. The topological polar surface area (TPSA) is 34.5 Å². The van der Waals surface area contributed by atoms with E-state index in [1.54, 1.807) is 11.8 Å². The summed E-state index contributed by atoms with van der Waals surface area (Å²) in [6.45, 7) is 7.83. The van der Waals surface area contributed by atoms with Crippen molar-refractivity contribution in [3.05, 3.63) is 65.4 Å². The molecule has 28 heavy (non-hydrogen) atoms. The number of fused-ring (bicyclic) bond motifs is 1. The van der Waals surface area contributed by atoms with Crippen molar-refractivity contribution in [3.8, 4) is 0 Å². The van der Waals surface area contributed by atoms with Crippen LogP contribution in [0.25, 0.3) is 10.9 Å². The van der Waals surface area contributed by atoms with E-state index >= 15 is 0 Å². The highest BCUT2D eigenvalue weighted by Gasteiger charge is 2.18. The summed E-state index contributed by atoms with van der Waals surface area (Å²) in [6, 6.07) is 15.1. The summed E-state index contributed by atoms with van der Waals surface area (Å²) in [5.74, 6) is 0.664. The third kappa shape index (κ3) is 4.10. The van der Waals surface area contributed by atoms with Crippen LogP contribution >= 0.6 is 11.8 Å². The molecular weight excluding hydrogens is 368 g/mol. The zero-order valence-corrected chi connectivity index (χ0v) is 17.3. The molecule has 1 fully saturated rings. The van der Waals surface area contributed by atoms with Crippen molar-refractivity contribution < 1.29 is 9.53 Å². The minimum Gasteiger partial charge on any atom is -0.378 e. The number of aryl methyl sites for hydroxylation is 2. The molecule has 0 atom stereocenters. The Morgan fingerprint density at radius 1 is 1.11 bits per heavy atom. The van der Waals surface area contributed by atoms with E-state index in [1.165, 1.54) is 32.5 Å². The van der Waals surface area contributed by atoms with Gasteiger partial charge < -0.3 is 14.2 Å². The van der Waals surface area contributed by atoms with Gasteiger partial charge in [-0.2, -0.15) is 0 Å². The van der Waals surface area contributed by atoms with Gasteiger partial charge in [0.25, 0.3) is 0 Å². The van der Waals surface area contributed by atoms with Crippen LogP contribution in [0.3, 0.4) is 0 Å². The predicted octanol–water partition coefficient (Wildman–Crippen LogP) is 4.26. The molecule has 1 saturated heterocycles. The quantitative estimate of drug-likeness (QED) is 0.607. The maximum Gasteiger partial charge on any atom is 0.233 e.